The Hall–Kier alpha value is -2.20. The summed E-state index contributed by atoms with van der Waals surface area (Å²) >= 11 is 1.43. The molecule has 1 aromatic carbocycles. The number of carbonyl (C=O) groups excluding carboxylic acids is 1. The molecule has 0 aliphatic carbocycles. The summed E-state index contributed by atoms with van der Waals surface area (Å²) in [7, 11) is 1.63. The molecule has 6 nitrogen and oxygen atoms in total. The number of carbonyl (C=O) groups is 2. The topological polar surface area (TPSA) is 84.6 Å². The SMILES string of the molecule is CN(Cc1cccc(C#N)c1)C(=O)N1CSC[C@H]1C(=O)O. The Balaban J connectivity index is 2.05. The van der Waals surface area contributed by atoms with Gasteiger partial charge in [-0.25, -0.2) is 9.59 Å². The van der Waals surface area contributed by atoms with Gasteiger partial charge in [0.25, 0.3) is 0 Å². The van der Waals surface area contributed by atoms with Crippen molar-refractivity contribution in [2.24, 2.45) is 0 Å². The number of nitriles is 1. The first kappa shape index (κ1) is 15.2. The molecule has 0 bridgehead atoms. The molecule has 1 aliphatic rings. The van der Waals surface area contributed by atoms with Gasteiger partial charge < -0.3 is 14.9 Å². The van der Waals surface area contributed by atoms with Gasteiger partial charge in [-0.05, 0) is 17.7 Å². The minimum absolute atomic E-state index is 0.310. The highest BCUT2D eigenvalue weighted by molar-refractivity contribution is 7.99. The molecule has 0 saturated carbocycles. The van der Waals surface area contributed by atoms with Crippen LogP contribution >= 0.6 is 11.8 Å². The molecule has 0 radical (unpaired) electrons. The van der Waals surface area contributed by atoms with Gasteiger partial charge >= 0.3 is 12.0 Å². The van der Waals surface area contributed by atoms with Crippen molar-refractivity contribution < 1.29 is 14.7 Å². The second-order valence-electron chi connectivity index (χ2n) is 4.77. The van der Waals surface area contributed by atoms with E-state index in [9.17, 15) is 9.59 Å². The third kappa shape index (κ3) is 3.47. The molecule has 1 aliphatic heterocycles. The highest BCUT2D eigenvalue weighted by atomic mass is 32.2. The Bertz CT molecular complexity index is 599. The zero-order valence-corrected chi connectivity index (χ0v) is 12.3. The van der Waals surface area contributed by atoms with Crippen LogP contribution in [0.3, 0.4) is 0 Å². The number of amides is 2. The molecule has 0 aromatic heterocycles. The summed E-state index contributed by atoms with van der Waals surface area (Å²) in [4.78, 5) is 26.3. The van der Waals surface area contributed by atoms with Crippen LogP contribution in [0.25, 0.3) is 0 Å². The third-order valence-corrected chi connectivity index (χ3v) is 4.23. The van der Waals surface area contributed by atoms with Crippen LogP contribution in [-0.2, 0) is 11.3 Å². The Morgan fingerprint density at radius 2 is 2.33 bits per heavy atom. The maximum absolute atomic E-state index is 12.3. The lowest BCUT2D eigenvalue weighted by Crippen LogP contribution is -2.47. The van der Waals surface area contributed by atoms with Crippen LogP contribution in [0.5, 0.6) is 0 Å². The second-order valence-corrected chi connectivity index (χ2v) is 5.77. The van der Waals surface area contributed by atoms with E-state index in [4.69, 9.17) is 10.4 Å². The number of urea groups is 1. The molecule has 1 heterocycles. The van der Waals surface area contributed by atoms with Crippen LogP contribution in [0.1, 0.15) is 11.1 Å². The smallest absolute Gasteiger partial charge is 0.327 e. The number of nitrogens with zero attached hydrogens (tertiary/aromatic N) is 3. The van der Waals surface area contributed by atoms with Gasteiger partial charge in [-0.15, -0.1) is 11.8 Å². The van der Waals surface area contributed by atoms with E-state index in [-0.39, 0.29) is 6.03 Å². The van der Waals surface area contributed by atoms with E-state index in [2.05, 4.69) is 6.07 Å². The van der Waals surface area contributed by atoms with Crippen LogP contribution in [0.2, 0.25) is 0 Å². The number of thioether (sulfide) groups is 1. The van der Waals surface area contributed by atoms with Crippen LogP contribution in [0.4, 0.5) is 4.79 Å². The van der Waals surface area contributed by atoms with Gasteiger partial charge in [0.1, 0.15) is 6.04 Å². The number of aliphatic carboxylic acids is 1. The van der Waals surface area contributed by atoms with E-state index < -0.39 is 12.0 Å². The van der Waals surface area contributed by atoms with Crippen LogP contribution in [0.15, 0.2) is 24.3 Å². The van der Waals surface area contributed by atoms with E-state index in [1.54, 1.807) is 25.2 Å². The fraction of sp³-hybridized carbons (Fsp3) is 0.357. The lowest BCUT2D eigenvalue weighted by atomic mass is 10.1. The molecule has 2 amide bonds. The molecule has 0 spiro atoms. The maximum Gasteiger partial charge on any atom is 0.327 e. The summed E-state index contributed by atoms with van der Waals surface area (Å²) < 4.78 is 0. The molecule has 2 rings (SSSR count). The lowest BCUT2D eigenvalue weighted by Gasteiger charge is -2.27. The molecule has 1 atom stereocenters. The predicted molar refractivity (Wildman–Crippen MR) is 78.6 cm³/mol. The largest absolute Gasteiger partial charge is 0.480 e. The van der Waals surface area contributed by atoms with Crippen molar-refractivity contribution in [2.45, 2.75) is 12.6 Å². The fourth-order valence-corrected chi connectivity index (χ4v) is 3.27. The molecule has 7 heteroatoms. The Morgan fingerprint density at radius 3 is 3.00 bits per heavy atom. The quantitative estimate of drug-likeness (QED) is 0.916. The minimum Gasteiger partial charge on any atom is -0.480 e. The summed E-state index contributed by atoms with van der Waals surface area (Å²) in [6.07, 6.45) is 0. The van der Waals surface area contributed by atoms with Crippen molar-refractivity contribution >= 4 is 23.8 Å². The third-order valence-electron chi connectivity index (χ3n) is 3.22. The number of hydrogen-bond donors (Lipinski definition) is 1. The zero-order chi connectivity index (χ0) is 15.4. The first-order chi connectivity index (χ1) is 10.0. The van der Waals surface area contributed by atoms with E-state index in [0.717, 1.165) is 5.56 Å². The summed E-state index contributed by atoms with van der Waals surface area (Å²) in [5, 5.41) is 18.0. The molecular weight excluding hydrogens is 290 g/mol. The average molecular weight is 305 g/mol. The molecule has 110 valence electrons. The normalized spacial score (nSPS) is 17.3. The monoisotopic (exact) mass is 305 g/mol. The van der Waals surface area contributed by atoms with Gasteiger partial charge in [0.05, 0.1) is 17.5 Å². The first-order valence-electron chi connectivity index (χ1n) is 6.34. The Kier molecular flexibility index (Phi) is 4.70. The Labute approximate surface area is 126 Å². The number of rotatable bonds is 3. The summed E-state index contributed by atoms with van der Waals surface area (Å²) in [5.74, 6) is -0.176. The summed E-state index contributed by atoms with van der Waals surface area (Å²) in [6, 6.07) is 7.98. The highest BCUT2D eigenvalue weighted by Crippen LogP contribution is 2.22. The average Bonchev–Trinajstić information content (AvgIpc) is 2.96. The number of carboxylic acid groups (broad SMARTS) is 1. The van der Waals surface area contributed by atoms with E-state index in [1.807, 2.05) is 6.07 Å². The second kappa shape index (κ2) is 6.50. The van der Waals surface area contributed by atoms with Gasteiger partial charge in [0.15, 0.2) is 0 Å². The number of carboxylic acids is 1. The van der Waals surface area contributed by atoms with E-state index in [0.29, 0.717) is 23.7 Å². The van der Waals surface area contributed by atoms with Crippen molar-refractivity contribution in [2.75, 3.05) is 18.7 Å². The molecule has 21 heavy (non-hydrogen) atoms. The van der Waals surface area contributed by atoms with Crippen LogP contribution < -0.4 is 0 Å². The number of hydrogen-bond acceptors (Lipinski definition) is 4. The van der Waals surface area contributed by atoms with Crippen molar-refractivity contribution in [3.63, 3.8) is 0 Å². The van der Waals surface area contributed by atoms with Gasteiger partial charge in [-0.2, -0.15) is 5.26 Å². The van der Waals surface area contributed by atoms with Gasteiger partial charge in [0, 0.05) is 19.3 Å². The maximum atomic E-state index is 12.3. The minimum atomic E-state index is -0.978. The van der Waals surface area contributed by atoms with Gasteiger partial charge in [-0.1, -0.05) is 12.1 Å². The van der Waals surface area contributed by atoms with Gasteiger partial charge in [-0.3, -0.25) is 0 Å². The molecule has 0 unspecified atom stereocenters. The van der Waals surface area contributed by atoms with Crippen molar-refractivity contribution in [1.29, 1.82) is 5.26 Å². The van der Waals surface area contributed by atoms with E-state index >= 15 is 0 Å². The standard InChI is InChI=1S/C14H15N3O3S/c1-16(7-11-4-2-3-10(5-11)6-15)14(20)17-9-21-8-12(17)13(18)19/h2-5,12H,7-9H2,1H3,(H,18,19)/t12-/m0/s1. The lowest BCUT2D eigenvalue weighted by molar-refractivity contribution is -0.140. The fourth-order valence-electron chi connectivity index (χ4n) is 2.14. The van der Waals surface area contributed by atoms with Crippen LogP contribution in [0, 0.1) is 11.3 Å². The van der Waals surface area contributed by atoms with E-state index in [1.165, 1.54) is 21.6 Å². The van der Waals surface area contributed by atoms with Gasteiger partial charge in [0.2, 0.25) is 0 Å². The van der Waals surface area contributed by atoms with Crippen molar-refractivity contribution in [1.82, 2.24) is 9.80 Å². The van der Waals surface area contributed by atoms with Crippen LogP contribution in [-0.4, -0.2) is 51.6 Å². The summed E-state index contributed by atoms with van der Waals surface area (Å²) in [6.45, 7) is 0.335. The zero-order valence-electron chi connectivity index (χ0n) is 11.5. The van der Waals surface area contributed by atoms with Crippen molar-refractivity contribution in [3.8, 4) is 6.07 Å². The Morgan fingerprint density at radius 1 is 1.57 bits per heavy atom. The summed E-state index contributed by atoms with van der Waals surface area (Å²) in [5.41, 5.74) is 1.37. The first-order valence-corrected chi connectivity index (χ1v) is 7.49. The molecular formula is C14H15N3O3S. The van der Waals surface area contributed by atoms with Crippen molar-refractivity contribution in [3.05, 3.63) is 35.4 Å². The molecule has 1 fully saturated rings. The highest BCUT2D eigenvalue weighted by Gasteiger charge is 2.35. The molecule has 1 N–H and O–H groups in total. The molecule has 1 saturated heterocycles. The predicted octanol–water partition coefficient (Wildman–Crippen LogP) is 1.57. The number of benzene rings is 1. The molecule has 1 aromatic rings.